The topological polar surface area (TPSA) is 30.8 Å². The summed E-state index contributed by atoms with van der Waals surface area (Å²) in [4.78, 5) is 4.53. The second-order valence-corrected chi connectivity index (χ2v) is 6.97. The Hall–Kier alpha value is -1.56. The number of hydrogen-bond acceptors (Lipinski definition) is 3. The fourth-order valence-corrected chi connectivity index (χ4v) is 2.33. The van der Waals surface area contributed by atoms with Crippen LogP contribution < -0.4 is 9.47 Å². The largest absolute Gasteiger partial charge is 0.493 e. The predicted octanol–water partition coefficient (Wildman–Crippen LogP) is 5.39. The van der Waals surface area contributed by atoms with Crippen molar-refractivity contribution in [2.45, 2.75) is 20.8 Å². The number of halogens is 1. The van der Waals surface area contributed by atoms with E-state index in [2.05, 4.69) is 60.5 Å². The van der Waals surface area contributed by atoms with E-state index in [-0.39, 0.29) is 0 Å². The van der Waals surface area contributed by atoms with Gasteiger partial charge >= 0.3 is 0 Å². The highest BCUT2D eigenvalue weighted by Gasteiger charge is 2.06. The van der Waals surface area contributed by atoms with Crippen LogP contribution >= 0.6 is 22.6 Å². The van der Waals surface area contributed by atoms with Crippen LogP contribution in [0, 0.1) is 16.4 Å². The van der Waals surface area contributed by atoms with Crippen molar-refractivity contribution in [3.8, 4) is 11.5 Å². The van der Waals surface area contributed by atoms with Crippen molar-refractivity contribution >= 4 is 34.5 Å². The number of ether oxygens (including phenoxy) is 2. The summed E-state index contributed by atoms with van der Waals surface area (Å²) in [6, 6.07) is 12.0. The molecule has 3 nitrogen and oxygen atoms in total. The molecule has 0 saturated heterocycles. The summed E-state index contributed by atoms with van der Waals surface area (Å²) in [6.45, 7) is 7.00. The van der Waals surface area contributed by atoms with Crippen LogP contribution in [0.5, 0.6) is 11.5 Å². The molecule has 2 aromatic rings. The molecule has 0 N–H and O–H groups in total. The van der Waals surface area contributed by atoms with Crippen LogP contribution in [0.4, 0.5) is 5.69 Å². The third-order valence-electron chi connectivity index (χ3n) is 3.26. The molecule has 122 valence electrons. The van der Waals surface area contributed by atoms with Gasteiger partial charge in [0.05, 0.1) is 19.4 Å². The van der Waals surface area contributed by atoms with Gasteiger partial charge in [0, 0.05) is 9.78 Å². The van der Waals surface area contributed by atoms with Gasteiger partial charge in [-0.25, -0.2) is 0 Å². The molecule has 2 rings (SSSR count). The van der Waals surface area contributed by atoms with E-state index in [1.54, 1.807) is 7.11 Å². The molecule has 0 bridgehead atoms. The lowest BCUT2D eigenvalue weighted by atomic mass is 10.2. The van der Waals surface area contributed by atoms with Crippen molar-refractivity contribution in [1.82, 2.24) is 0 Å². The lowest BCUT2D eigenvalue weighted by Gasteiger charge is -2.12. The number of aryl methyl sites for hydroxylation is 1. The Bertz CT molecular complexity index is 696. The molecular weight excluding hydrogens is 401 g/mol. The zero-order valence-electron chi connectivity index (χ0n) is 14.0. The van der Waals surface area contributed by atoms with Crippen molar-refractivity contribution in [3.05, 3.63) is 51.1 Å². The van der Waals surface area contributed by atoms with Crippen LogP contribution in [0.15, 0.2) is 41.4 Å². The van der Waals surface area contributed by atoms with E-state index >= 15 is 0 Å². The molecular formula is C19H22INO2. The van der Waals surface area contributed by atoms with Crippen molar-refractivity contribution in [2.75, 3.05) is 13.7 Å². The maximum absolute atomic E-state index is 5.77. The molecule has 0 aliphatic carbocycles. The molecule has 4 heteroatoms. The molecule has 0 fully saturated rings. The smallest absolute Gasteiger partial charge is 0.161 e. The Balaban J connectivity index is 2.16. The van der Waals surface area contributed by atoms with E-state index in [0.29, 0.717) is 12.5 Å². The first-order valence-electron chi connectivity index (χ1n) is 7.60. The Labute approximate surface area is 151 Å². The van der Waals surface area contributed by atoms with Gasteiger partial charge in [-0.2, -0.15) is 0 Å². The van der Waals surface area contributed by atoms with Crippen molar-refractivity contribution in [3.63, 3.8) is 0 Å². The minimum atomic E-state index is 0.477. The normalized spacial score (nSPS) is 11.2. The van der Waals surface area contributed by atoms with Crippen LogP contribution in [0.25, 0.3) is 0 Å². The lowest BCUT2D eigenvalue weighted by molar-refractivity contribution is 0.257. The first kappa shape index (κ1) is 17.8. The average molecular weight is 423 g/mol. The molecule has 0 aliphatic rings. The van der Waals surface area contributed by atoms with E-state index in [1.165, 1.54) is 9.13 Å². The number of aliphatic imine (C=N–C) groups is 1. The third-order valence-corrected chi connectivity index (χ3v) is 4.47. The van der Waals surface area contributed by atoms with E-state index in [4.69, 9.17) is 9.47 Å². The van der Waals surface area contributed by atoms with E-state index in [0.717, 1.165) is 22.7 Å². The maximum atomic E-state index is 5.77. The molecule has 0 saturated carbocycles. The second-order valence-electron chi connectivity index (χ2n) is 5.81. The molecule has 0 amide bonds. The Kier molecular flexibility index (Phi) is 6.45. The quantitative estimate of drug-likeness (QED) is 0.461. The monoisotopic (exact) mass is 423 g/mol. The molecule has 23 heavy (non-hydrogen) atoms. The lowest BCUT2D eigenvalue weighted by Crippen LogP contribution is -2.05. The van der Waals surface area contributed by atoms with E-state index in [1.807, 2.05) is 30.5 Å². The Morgan fingerprint density at radius 2 is 1.91 bits per heavy atom. The summed E-state index contributed by atoms with van der Waals surface area (Å²) in [7, 11) is 1.65. The number of nitrogens with zero attached hydrogens (tertiary/aromatic N) is 1. The highest BCUT2D eigenvalue weighted by atomic mass is 127. The summed E-state index contributed by atoms with van der Waals surface area (Å²) >= 11 is 2.32. The fraction of sp³-hybridized carbons (Fsp3) is 0.316. The van der Waals surface area contributed by atoms with E-state index < -0.39 is 0 Å². The van der Waals surface area contributed by atoms with Gasteiger partial charge in [0.2, 0.25) is 0 Å². The van der Waals surface area contributed by atoms with Gasteiger partial charge in [-0.15, -0.1) is 0 Å². The maximum Gasteiger partial charge on any atom is 0.161 e. The molecule has 0 atom stereocenters. The van der Waals surface area contributed by atoms with Crippen molar-refractivity contribution < 1.29 is 9.47 Å². The van der Waals surface area contributed by atoms with Crippen molar-refractivity contribution in [2.24, 2.45) is 10.9 Å². The van der Waals surface area contributed by atoms with Gasteiger partial charge in [-0.1, -0.05) is 13.8 Å². The third kappa shape index (κ3) is 5.23. The molecule has 0 spiro atoms. The SMILES string of the molecule is COc1cc(C=Nc2ccc(I)c(C)c2)ccc1OCC(C)C. The molecule has 0 unspecified atom stereocenters. The standard InChI is InChI=1S/C19H22INO2/c1-13(2)12-23-18-8-5-15(10-19(18)22-4)11-21-16-6-7-17(20)14(3)9-16/h5-11,13H,12H2,1-4H3. The van der Waals surface area contributed by atoms with Crippen LogP contribution in [-0.4, -0.2) is 19.9 Å². The molecule has 0 aromatic heterocycles. The number of hydrogen-bond donors (Lipinski definition) is 0. The van der Waals surface area contributed by atoms with Gasteiger partial charge in [0.25, 0.3) is 0 Å². The zero-order chi connectivity index (χ0) is 16.8. The van der Waals surface area contributed by atoms with E-state index in [9.17, 15) is 0 Å². The molecule has 0 aliphatic heterocycles. The summed E-state index contributed by atoms with van der Waals surface area (Å²) < 4.78 is 12.4. The van der Waals surface area contributed by atoms with Gasteiger partial charge in [0.1, 0.15) is 0 Å². The summed E-state index contributed by atoms with van der Waals surface area (Å²) in [5, 5.41) is 0. The molecule has 0 radical (unpaired) electrons. The van der Waals surface area contributed by atoms with Gasteiger partial charge in [-0.05, 0) is 83.0 Å². The van der Waals surface area contributed by atoms with Crippen LogP contribution in [0.1, 0.15) is 25.0 Å². The highest BCUT2D eigenvalue weighted by Crippen LogP contribution is 2.28. The van der Waals surface area contributed by atoms with Crippen LogP contribution in [0.2, 0.25) is 0 Å². The van der Waals surface area contributed by atoms with Crippen LogP contribution in [0.3, 0.4) is 0 Å². The number of benzene rings is 2. The Morgan fingerprint density at radius 3 is 2.57 bits per heavy atom. The predicted molar refractivity (Wildman–Crippen MR) is 104 cm³/mol. The fourth-order valence-electron chi connectivity index (χ4n) is 2.00. The first-order chi connectivity index (χ1) is 11.0. The summed E-state index contributed by atoms with van der Waals surface area (Å²) in [5.41, 5.74) is 3.16. The highest BCUT2D eigenvalue weighted by molar-refractivity contribution is 14.1. The average Bonchev–Trinajstić information content (AvgIpc) is 2.54. The molecule has 0 heterocycles. The van der Waals surface area contributed by atoms with Gasteiger partial charge < -0.3 is 9.47 Å². The van der Waals surface area contributed by atoms with Crippen molar-refractivity contribution in [1.29, 1.82) is 0 Å². The van der Waals surface area contributed by atoms with Crippen LogP contribution in [-0.2, 0) is 0 Å². The first-order valence-corrected chi connectivity index (χ1v) is 8.68. The number of methoxy groups -OCH3 is 1. The zero-order valence-corrected chi connectivity index (χ0v) is 16.1. The van der Waals surface area contributed by atoms with Gasteiger partial charge in [0.15, 0.2) is 11.5 Å². The minimum absolute atomic E-state index is 0.477. The van der Waals surface area contributed by atoms with Gasteiger partial charge in [-0.3, -0.25) is 4.99 Å². The Morgan fingerprint density at radius 1 is 1.13 bits per heavy atom. The summed E-state index contributed by atoms with van der Waals surface area (Å²) in [5.74, 6) is 1.97. The minimum Gasteiger partial charge on any atom is -0.493 e. The number of rotatable bonds is 6. The summed E-state index contributed by atoms with van der Waals surface area (Å²) in [6.07, 6.45) is 1.84. The second kappa shape index (κ2) is 8.34. The molecule has 2 aromatic carbocycles.